The Morgan fingerprint density at radius 3 is 2.85 bits per heavy atom. The molecule has 2 atom stereocenters. The van der Waals surface area contributed by atoms with Gasteiger partial charge in [-0.05, 0) is 52.9 Å². The van der Waals surface area contributed by atoms with Crippen LogP contribution in [0.2, 0.25) is 0 Å². The molecule has 0 heterocycles. The van der Waals surface area contributed by atoms with E-state index in [2.05, 4.69) is 46.1 Å². The molecule has 0 bridgehead atoms. The van der Waals surface area contributed by atoms with Crippen molar-refractivity contribution >= 4 is 0 Å². The summed E-state index contributed by atoms with van der Waals surface area (Å²) in [5.41, 5.74) is 3.91. The first kappa shape index (κ1) is 17.0. The summed E-state index contributed by atoms with van der Waals surface area (Å²) in [6, 6.07) is 0. The second kappa shape index (κ2) is 8.97. The first-order valence-electron chi connectivity index (χ1n) is 7.76. The van der Waals surface area contributed by atoms with E-state index in [0.29, 0.717) is 5.92 Å². The highest BCUT2D eigenvalue weighted by molar-refractivity contribution is 5.15. The number of hydrogen-bond acceptors (Lipinski definition) is 1. The fourth-order valence-electron chi connectivity index (χ4n) is 2.51. The van der Waals surface area contributed by atoms with Gasteiger partial charge in [0.25, 0.3) is 0 Å². The third-order valence-corrected chi connectivity index (χ3v) is 4.00. The molecule has 0 saturated carbocycles. The Hall–Kier alpha value is -1.08. The molecule has 1 aliphatic rings. The van der Waals surface area contributed by atoms with E-state index in [-0.39, 0.29) is 6.10 Å². The molecule has 0 aromatic rings. The van der Waals surface area contributed by atoms with Crippen molar-refractivity contribution in [2.24, 2.45) is 5.92 Å². The second-order valence-corrected chi connectivity index (χ2v) is 6.06. The van der Waals surface area contributed by atoms with E-state index in [4.69, 9.17) is 4.74 Å². The predicted molar refractivity (Wildman–Crippen MR) is 88.8 cm³/mol. The summed E-state index contributed by atoms with van der Waals surface area (Å²) in [5, 5.41) is 0. The van der Waals surface area contributed by atoms with Gasteiger partial charge < -0.3 is 4.74 Å². The molecular weight excluding hydrogens is 244 g/mol. The van der Waals surface area contributed by atoms with Crippen molar-refractivity contribution in [3.63, 3.8) is 0 Å². The van der Waals surface area contributed by atoms with Gasteiger partial charge >= 0.3 is 0 Å². The molecular formula is C19H30O. The van der Waals surface area contributed by atoms with Gasteiger partial charge in [0.2, 0.25) is 0 Å². The molecule has 0 aromatic carbocycles. The van der Waals surface area contributed by atoms with Crippen molar-refractivity contribution in [1.29, 1.82) is 0 Å². The normalized spacial score (nSPS) is 21.2. The molecule has 0 fully saturated rings. The quantitative estimate of drug-likeness (QED) is 0.413. The fraction of sp³-hybridized carbons (Fsp3) is 0.579. The highest BCUT2D eigenvalue weighted by Gasteiger charge is 2.16. The summed E-state index contributed by atoms with van der Waals surface area (Å²) in [4.78, 5) is 0. The van der Waals surface area contributed by atoms with E-state index in [1.807, 2.05) is 6.08 Å². The van der Waals surface area contributed by atoms with Gasteiger partial charge in [-0.1, -0.05) is 41.5 Å². The third-order valence-electron chi connectivity index (χ3n) is 4.00. The summed E-state index contributed by atoms with van der Waals surface area (Å²) >= 11 is 0. The third kappa shape index (κ3) is 6.38. The first-order valence-corrected chi connectivity index (χ1v) is 7.76. The standard InChI is InChI=1S/C19H30O/c1-6-16(4)13-19(12-11-15(2)3)20-14-18-10-8-7-9-17(18)5/h6,9,13,18-19H,1-2,7-8,10-12,14H2,3-5H3/b16-13-. The van der Waals surface area contributed by atoms with E-state index in [1.165, 1.54) is 36.0 Å². The number of ether oxygens (including phenoxy) is 1. The van der Waals surface area contributed by atoms with Gasteiger partial charge in [-0.3, -0.25) is 0 Å². The Bertz CT molecular complexity index is 387. The van der Waals surface area contributed by atoms with Crippen molar-refractivity contribution < 1.29 is 4.74 Å². The number of rotatable bonds is 8. The van der Waals surface area contributed by atoms with Crippen LogP contribution in [0.25, 0.3) is 0 Å². The van der Waals surface area contributed by atoms with Crippen LogP contribution in [0.3, 0.4) is 0 Å². The summed E-state index contributed by atoms with van der Waals surface area (Å²) < 4.78 is 6.17. The van der Waals surface area contributed by atoms with Crippen molar-refractivity contribution in [3.8, 4) is 0 Å². The van der Waals surface area contributed by atoms with Gasteiger partial charge in [-0.25, -0.2) is 0 Å². The van der Waals surface area contributed by atoms with Crippen molar-refractivity contribution in [2.75, 3.05) is 6.61 Å². The van der Waals surface area contributed by atoms with Gasteiger partial charge in [-0.2, -0.15) is 0 Å². The minimum absolute atomic E-state index is 0.180. The lowest BCUT2D eigenvalue weighted by atomic mass is 9.89. The molecule has 1 rings (SSSR count). The minimum Gasteiger partial charge on any atom is -0.374 e. The van der Waals surface area contributed by atoms with Gasteiger partial charge in [0.1, 0.15) is 0 Å². The number of hydrogen-bond donors (Lipinski definition) is 0. The molecule has 0 amide bonds. The summed E-state index contributed by atoms with van der Waals surface area (Å²) in [6.07, 6.45) is 12.5. The van der Waals surface area contributed by atoms with Crippen LogP contribution < -0.4 is 0 Å². The molecule has 112 valence electrons. The predicted octanol–water partition coefficient (Wildman–Crippen LogP) is 5.61. The average Bonchev–Trinajstić information content (AvgIpc) is 2.43. The lowest BCUT2D eigenvalue weighted by Crippen LogP contribution is -2.19. The van der Waals surface area contributed by atoms with E-state index in [0.717, 1.165) is 19.4 Å². The Labute approximate surface area is 125 Å². The minimum atomic E-state index is 0.180. The lowest BCUT2D eigenvalue weighted by molar-refractivity contribution is 0.0565. The maximum atomic E-state index is 6.17. The molecule has 0 aromatic heterocycles. The van der Waals surface area contributed by atoms with Gasteiger partial charge in [0, 0.05) is 5.92 Å². The Morgan fingerprint density at radius 1 is 1.50 bits per heavy atom. The van der Waals surface area contributed by atoms with Gasteiger partial charge in [0.15, 0.2) is 0 Å². The van der Waals surface area contributed by atoms with Crippen LogP contribution in [0.15, 0.2) is 48.1 Å². The van der Waals surface area contributed by atoms with Crippen molar-refractivity contribution in [1.82, 2.24) is 0 Å². The lowest BCUT2D eigenvalue weighted by Gasteiger charge is -2.24. The van der Waals surface area contributed by atoms with E-state index in [1.54, 1.807) is 0 Å². The highest BCUT2D eigenvalue weighted by Crippen LogP contribution is 2.25. The van der Waals surface area contributed by atoms with E-state index in [9.17, 15) is 0 Å². The molecule has 1 nitrogen and oxygen atoms in total. The summed E-state index contributed by atoms with van der Waals surface area (Å²) in [5.74, 6) is 0.605. The molecule has 0 aliphatic heterocycles. The van der Waals surface area contributed by atoms with Gasteiger partial charge in [0.05, 0.1) is 12.7 Å². The SMILES string of the molecule is C=C/C(C)=C\C(CCC(=C)C)OCC1CCCC=C1C. The molecule has 1 heteroatoms. The maximum Gasteiger partial charge on any atom is 0.0764 e. The smallest absolute Gasteiger partial charge is 0.0764 e. The first-order chi connectivity index (χ1) is 9.52. The molecule has 0 radical (unpaired) electrons. The van der Waals surface area contributed by atoms with Crippen LogP contribution in [-0.2, 0) is 4.74 Å². The zero-order chi connectivity index (χ0) is 15.0. The molecule has 0 spiro atoms. The average molecular weight is 274 g/mol. The molecule has 1 aliphatic carbocycles. The summed E-state index contributed by atoms with van der Waals surface area (Å²) in [7, 11) is 0. The molecule has 2 unspecified atom stereocenters. The van der Waals surface area contributed by atoms with Crippen LogP contribution in [0.5, 0.6) is 0 Å². The summed E-state index contributed by atoms with van der Waals surface area (Å²) in [6.45, 7) is 15.0. The Morgan fingerprint density at radius 2 is 2.25 bits per heavy atom. The molecule has 0 N–H and O–H groups in total. The van der Waals surface area contributed by atoms with E-state index < -0.39 is 0 Å². The van der Waals surface area contributed by atoms with Crippen LogP contribution in [0.4, 0.5) is 0 Å². The molecule has 0 saturated heterocycles. The van der Waals surface area contributed by atoms with Crippen LogP contribution in [0.1, 0.15) is 52.9 Å². The second-order valence-electron chi connectivity index (χ2n) is 6.06. The topological polar surface area (TPSA) is 9.23 Å². The maximum absolute atomic E-state index is 6.17. The zero-order valence-corrected chi connectivity index (χ0v) is 13.5. The van der Waals surface area contributed by atoms with Crippen molar-refractivity contribution in [2.45, 2.75) is 59.0 Å². The van der Waals surface area contributed by atoms with Crippen LogP contribution in [-0.4, -0.2) is 12.7 Å². The Kier molecular flexibility index (Phi) is 7.61. The molecule has 20 heavy (non-hydrogen) atoms. The monoisotopic (exact) mass is 274 g/mol. The van der Waals surface area contributed by atoms with Gasteiger partial charge in [-0.15, -0.1) is 6.58 Å². The van der Waals surface area contributed by atoms with Crippen molar-refractivity contribution in [3.05, 3.63) is 48.1 Å². The van der Waals surface area contributed by atoms with Crippen LogP contribution >= 0.6 is 0 Å². The Balaban J connectivity index is 2.54. The largest absolute Gasteiger partial charge is 0.374 e. The van der Waals surface area contributed by atoms with Crippen LogP contribution in [0, 0.1) is 5.92 Å². The van der Waals surface area contributed by atoms with E-state index >= 15 is 0 Å². The fourth-order valence-corrected chi connectivity index (χ4v) is 2.51. The zero-order valence-electron chi connectivity index (χ0n) is 13.5. The number of allylic oxidation sites excluding steroid dienone is 4. The highest BCUT2D eigenvalue weighted by atomic mass is 16.5.